The molecule has 0 unspecified atom stereocenters. The quantitative estimate of drug-likeness (QED) is 0.919. The van der Waals surface area contributed by atoms with E-state index in [1.54, 1.807) is 0 Å². The lowest BCUT2D eigenvalue weighted by Gasteiger charge is -2.25. The Morgan fingerprint density at radius 2 is 1.68 bits per heavy atom. The van der Waals surface area contributed by atoms with E-state index in [0.29, 0.717) is 0 Å². The van der Waals surface area contributed by atoms with Gasteiger partial charge in [0.15, 0.2) is 0 Å². The minimum atomic E-state index is 0.270. The molecule has 0 aliphatic carbocycles. The van der Waals surface area contributed by atoms with Gasteiger partial charge in [0.05, 0.1) is 0 Å². The molecule has 3 heteroatoms. The lowest BCUT2D eigenvalue weighted by Crippen LogP contribution is -2.32. The Labute approximate surface area is 132 Å². The molecule has 1 aliphatic heterocycles. The van der Waals surface area contributed by atoms with Crippen LogP contribution in [-0.4, -0.2) is 36.2 Å². The molecule has 0 saturated heterocycles. The van der Waals surface area contributed by atoms with Crippen molar-refractivity contribution in [3.8, 4) is 0 Å². The first-order valence-corrected chi connectivity index (χ1v) is 8.07. The topological polar surface area (TPSA) is 26.7 Å². The van der Waals surface area contributed by atoms with Crippen molar-refractivity contribution in [1.82, 2.24) is 4.90 Å². The van der Waals surface area contributed by atoms with Crippen molar-refractivity contribution in [2.75, 3.05) is 31.1 Å². The van der Waals surface area contributed by atoms with Crippen molar-refractivity contribution in [2.24, 2.45) is 0 Å². The molecular weight excluding hydrogens is 272 g/mol. The summed E-state index contributed by atoms with van der Waals surface area (Å²) in [5, 5.41) is 9.07. The molecule has 0 aromatic heterocycles. The van der Waals surface area contributed by atoms with Crippen molar-refractivity contribution in [3.63, 3.8) is 0 Å². The van der Waals surface area contributed by atoms with Gasteiger partial charge in [-0.3, -0.25) is 4.90 Å². The average molecular weight is 296 g/mol. The van der Waals surface area contributed by atoms with E-state index in [1.807, 2.05) is 0 Å². The maximum atomic E-state index is 9.07. The van der Waals surface area contributed by atoms with E-state index in [2.05, 4.69) is 64.4 Å². The second-order valence-electron chi connectivity index (χ2n) is 5.89. The van der Waals surface area contributed by atoms with Crippen molar-refractivity contribution in [3.05, 3.63) is 65.7 Å². The number of anilines is 1. The Balaban J connectivity index is 1.79. The van der Waals surface area contributed by atoms with Crippen LogP contribution in [0.25, 0.3) is 0 Å². The zero-order chi connectivity index (χ0) is 15.2. The Morgan fingerprint density at radius 1 is 0.909 bits per heavy atom. The molecule has 0 spiro atoms. The summed E-state index contributed by atoms with van der Waals surface area (Å²) in [6, 6.07) is 19.4. The molecule has 0 atom stereocenters. The van der Waals surface area contributed by atoms with Gasteiger partial charge in [-0.1, -0.05) is 48.5 Å². The number of para-hydroxylation sites is 1. The standard InChI is InChI=1S/C19H24N2O/c22-14-6-11-20-12-13-21(15-17-7-2-1-3-8-17)19-10-5-4-9-18(19)16-20/h1-5,7-10,22H,6,11-16H2. The minimum Gasteiger partial charge on any atom is -0.396 e. The third kappa shape index (κ3) is 3.67. The monoisotopic (exact) mass is 296 g/mol. The van der Waals surface area contributed by atoms with Crippen LogP contribution in [-0.2, 0) is 13.1 Å². The maximum Gasteiger partial charge on any atom is 0.0443 e. The highest BCUT2D eigenvalue weighted by Gasteiger charge is 2.19. The SMILES string of the molecule is OCCCN1CCN(Cc2ccccc2)c2ccccc2C1. The highest BCUT2D eigenvalue weighted by molar-refractivity contribution is 5.54. The molecule has 22 heavy (non-hydrogen) atoms. The molecule has 1 heterocycles. The fourth-order valence-corrected chi connectivity index (χ4v) is 3.11. The fraction of sp³-hybridized carbons (Fsp3) is 0.368. The number of aliphatic hydroxyl groups excluding tert-OH is 1. The van der Waals surface area contributed by atoms with E-state index in [0.717, 1.165) is 39.1 Å². The van der Waals surface area contributed by atoms with E-state index in [-0.39, 0.29) is 6.61 Å². The summed E-state index contributed by atoms with van der Waals surface area (Å²) >= 11 is 0. The van der Waals surface area contributed by atoms with Gasteiger partial charge in [-0.25, -0.2) is 0 Å². The van der Waals surface area contributed by atoms with Gasteiger partial charge in [-0.15, -0.1) is 0 Å². The van der Waals surface area contributed by atoms with Crippen molar-refractivity contribution < 1.29 is 5.11 Å². The van der Waals surface area contributed by atoms with Gasteiger partial charge in [-0.05, 0) is 23.6 Å². The van der Waals surface area contributed by atoms with Crippen LogP contribution in [0.5, 0.6) is 0 Å². The summed E-state index contributed by atoms with van der Waals surface area (Å²) in [6.45, 7) is 5.22. The molecule has 116 valence electrons. The van der Waals surface area contributed by atoms with E-state index in [1.165, 1.54) is 16.8 Å². The van der Waals surface area contributed by atoms with E-state index in [9.17, 15) is 0 Å². The first kappa shape index (κ1) is 15.1. The highest BCUT2D eigenvalue weighted by atomic mass is 16.3. The number of fused-ring (bicyclic) bond motifs is 1. The van der Waals surface area contributed by atoms with E-state index >= 15 is 0 Å². The molecule has 2 aromatic carbocycles. The predicted octanol–water partition coefficient (Wildman–Crippen LogP) is 2.89. The molecule has 0 bridgehead atoms. The van der Waals surface area contributed by atoms with Crippen LogP contribution in [0, 0.1) is 0 Å². The van der Waals surface area contributed by atoms with E-state index in [4.69, 9.17) is 5.11 Å². The van der Waals surface area contributed by atoms with Crippen molar-refractivity contribution in [1.29, 1.82) is 0 Å². The Bertz CT molecular complexity index is 585. The molecule has 3 rings (SSSR count). The molecule has 1 aliphatic rings. The molecular formula is C19H24N2O. The number of hydrogen-bond acceptors (Lipinski definition) is 3. The summed E-state index contributed by atoms with van der Waals surface area (Å²) in [7, 11) is 0. The summed E-state index contributed by atoms with van der Waals surface area (Å²) < 4.78 is 0. The van der Waals surface area contributed by atoms with Gasteiger partial charge in [0.1, 0.15) is 0 Å². The van der Waals surface area contributed by atoms with Gasteiger partial charge in [0.2, 0.25) is 0 Å². The second kappa shape index (κ2) is 7.43. The highest BCUT2D eigenvalue weighted by Crippen LogP contribution is 2.26. The first-order chi connectivity index (χ1) is 10.9. The lowest BCUT2D eigenvalue weighted by atomic mass is 10.1. The third-order valence-electron chi connectivity index (χ3n) is 4.26. The number of rotatable bonds is 5. The summed E-state index contributed by atoms with van der Waals surface area (Å²) in [6.07, 6.45) is 0.848. The number of benzene rings is 2. The summed E-state index contributed by atoms with van der Waals surface area (Å²) in [4.78, 5) is 4.92. The lowest BCUT2D eigenvalue weighted by molar-refractivity contribution is 0.224. The zero-order valence-corrected chi connectivity index (χ0v) is 13.0. The second-order valence-corrected chi connectivity index (χ2v) is 5.89. The third-order valence-corrected chi connectivity index (χ3v) is 4.26. The van der Waals surface area contributed by atoms with Crippen LogP contribution in [0.2, 0.25) is 0 Å². The average Bonchev–Trinajstić information content (AvgIpc) is 2.74. The predicted molar refractivity (Wildman–Crippen MR) is 90.9 cm³/mol. The minimum absolute atomic E-state index is 0.270. The number of nitrogens with zero attached hydrogens (tertiary/aromatic N) is 2. The Hall–Kier alpha value is -1.84. The van der Waals surface area contributed by atoms with Gasteiger partial charge in [0, 0.05) is 45.0 Å². The summed E-state index contributed by atoms with van der Waals surface area (Å²) in [5.74, 6) is 0. The Morgan fingerprint density at radius 3 is 2.50 bits per heavy atom. The maximum absolute atomic E-state index is 9.07. The molecule has 0 radical (unpaired) electrons. The van der Waals surface area contributed by atoms with Gasteiger partial charge in [0.25, 0.3) is 0 Å². The number of hydrogen-bond donors (Lipinski definition) is 1. The zero-order valence-electron chi connectivity index (χ0n) is 13.0. The summed E-state index contributed by atoms with van der Waals surface area (Å²) in [5.41, 5.74) is 4.08. The van der Waals surface area contributed by atoms with Crippen LogP contribution in [0.15, 0.2) is 54.6 Å². The molecule has 3 nitrogen and oxygen atoms in total. The largest absolute Gasteiger partial charge is 0.396 e. The molecule has 0 saturated carbocycles. The van der Waals surface area contributed by atoms with Gasteiger partial charge < -0.3 is 10.0 Å². The smallest absolute Gasteiger partial charge is 0.0443 e. The Kier molecular flexibility index (Phi) is 5.09. The van der Waals surface area contributed by atoms with Crippen LogP contribution >= 0.6 is 0 Å². The number of aliphatic hydroxyl groups is 1. The first-order valence-electron chi connectivity index (χ1n) is 8.07. The van der Waals surface area contributed by atoms with Crippen molar-refractivity contribution in [2.45, 2.75) is 19.5 Å². The van der Waals surface area contributed by atoms with Crippen molar-refractivity contribution >= 4 is 5.69 Å². The molecule has 2 aromatic rings. The van der Waals surface area contributed by atoms with Gasteiger partial charge >= 0.3 is 0 Å². The normalized spacial score (nSPS) is 15.4. The fourth-order valence-electron chi connectivity index (χ4n) is 3.11. The van der Waals surface area contributed by atoms with Gasteiger partial charge in [-0.2, -0.15) is 0 Å². The molecule has 0 fully saturated rings. The van der Waals surface area contributed by atoms with Crippen LogP contribution < -0.4 is 4.90 Å². The van der Waals surface area contributed by atoms with Crippen LogP contribution in [0.4, 0.5) is 5.69 Å². The molecule has 1 N–H and O–H groups in total. The van der Waals surface area contributed by atoms with Crippen LogP contribution in [0.1, 0.15) is 17.5 Å². The van der Waals surface area contributed by atoms with Crippen LogP contribution in [0.3, 0.4) is 0 Å². The van der Waals surface area contributed by atoms with E-state index < -0.39 is 0 Å². The molecule has 0 amide bonds.